The van der Waals surface area contributed by atoms with Crippen molar-refractivity contribution in [2.75, 3.05) is 0 Å². The molecule has 45 heavy (non-hydrogen) atoms. The Bertz CT molecular complexity index is 1260. The molecule has 0 aromatic heterocycles. The zero-order chi connectivity index (χ0) is 31.6. The highest BCUT2D eigenvalue weighted by atomic mass is 15.0. The molecule has 0 aromatic carbocycles. The third kappa shape index (κ3) is 8.32. The fraction of sp³-hybridized carbons (Fsp3) is 0.591. The van der Waals surface area contributed by atoms with Crippen molar-refractivity contribution in [3.63, 3.8) is 0 Å². The Morgan fingerprint density at radius 1 is 0.978 bits per heavy atom. The molecule has 0 amide bonds. The summed E-state index contributed by atoms with van der Waals surface area (Å²) in [7, 11) is 0. The predicted octanol–water partition coefficient (Wildman–Crippen LogP) is 12.3. The fourth-order valence-corrected chi connectivity index (χ4v) is 9.01. The molecule has 0 radical (unpaired) electrons. The van der Waals surface area contributed by atoms with Gasteiger partial charge in [-0.3, -0.25) is 0 Å². The van der Waals surface area contributed by atoms with Crippen LogP contribution in [0.1, 0.15) is 124 Å². The zero-order valence-corrected chi connectivity index (χ0v) is 29.2. The first-order valence-electron chi connectivity index (χ1n) is 18.9. The summed E-state index contributed by atoms with van der Waals surface area (Å²) in [6.45, 7) is 13.4. The third-order valence-electron chi connectivity index (χ3n) is 12.0. The maximum Gasteiger partial charge on any atom is 0.0365 e. The Morgan fingerprint density at radius 3 is 2.60 bits per heavy atom. The van der Waals surface area contributed by atoms with E-state index in [0.29, 0.717) is 29.8 Å². The molecule has 0 saturated carbocycles. The van der Waals surface area contributed by atoms with Gasteiger partial charge in [-0.25, -0.2) is 0 Å². The SMILES string of the molecule is C=C/C=C\C(C)(CC)C(/C=C\C(C)C1=CC=C(C2=C3C=CCCC3C(C3=CCCCC3)CC2)C(NC2C=CCCC2)C1)CCC. The van der Waals surface area contributed by atoms with Crippen molar-refractivity contribution in [3.8, 4) is 0 Å². The Hall–Kier alpha value is -2.38. The molecule has 0 aliphatic heterocycles. The van der Waals surface area contributed by atoms with E-state index in [9.17, 15) is 0 Å². The molecule has 1 N–H and O–H groups in total. The van der Waals surface area contributed by atoms with Crippen LogP contribution in [0.25, 0.3) is 0 Å². The summed E-state index contributed by atoms with van der Waals surface area (Å²) in [6.07, 6.45) is 48.1. The maximum absolute atomic E-state index is 4.19. The van der Waals surface area contributed by atoms with E-state index >= 15 is 0 Å². The van der Waals surface area contributed by atoms with Crippen LogP contribution in [0.5, 0.6) is 0 Å². The summed E-state index contributed by atoms with van der Waals surface area (Å²) in [5.41, 5.74) is 8.48. The van der Waals surface area contributed by atoms with Gasteiger partial charge < -0.3 is 5.32 Å². The predicted molar refractivity (Wildman–Crippen MR) is 197 cm³/mol. The van der Waals surface area contributed by atoms with Crippen molar-refractivity contribution in [2.24, 2.45) is 29.1 Å². The summed E-state index contributed by atoms with van der Waals surface area (Å²) in [6, 6.07) is 0.876. The Kier molecular flexibility index (Phi) is 12.4. The minimum atomic E-state index is 0.163. The average molecular weight is 606 g/mol. The molecular weight excluding hydrogens is 542 g/mol. The van der Waals surface area contributed by atoms with Gasteiger partial charge in [0.2, 0.25) is 0 Å². The van der Waals surface area contributed by atoms with Gasteiger partial charge >= 0.3 is 0 Å². The Labute approximate surface area is 277 Å². The third-order valence-corrected chi connectivity index (χ3v) is 12.0. The molecule has 0 heterocycles. The van der Waals surface area contributed by atoms with E-state index in [1.54, 1.807) is 27.9 Å². The van der Waals surface area contributed by atoms with Crippen LogP contribution in [-0.2, 0) is 0 Å². The van der Waals surface area contributed by atoms with Crippen molar-refractivity contribution >= 4 is 0 Å². The molecule has 7 unspecified atom stereocenters. The topological polar surface area (TPSA) is 12.0 Å². The lowest BCUT2D eigenvalue weighted by molar-refractivity contribution is 0.279. The molecule has 0 fully saturated rings. The summed E-state index contributed by atoms with van der Waals surface area (Å²) >= 11 is 0. The number of allylic oxidation sites excluding steroid dienone is 13. The first kappa shape index (κ1) is 34.0. The van der Waals surface area contributed by atoms with Crippen LogP contribution >= 0.6 is 0 Å². The van der Waals surface area contributed by atoms with E-state index in [0.717, 1.165) is 18.8 Å². The van der Waals surface area contributed by atoms with Crippen LogP contribution < -0.4 is 5.32 Å². The standard InChI is InChI=1S/C44H63N/c1-6-9-31-44(5,8-3)36(18-7-2)27-25-33(4)35-26-28-42(43(32-35)45-37-21-14-11-15-22-37)41-30-29-38(34-19-12-10-13-20-34)39-23-16-17-24-40(39)41/h6,9,14,17,19,21,24-28,31,33,36-39,43,45H,1,7-8,10-13,15-16,18,20,22-23,29-30,32H2,2-5H3/b27-25-,31-9-. The molecule has 0 aromatic rings. The lowest BCUT2D eigenvalue weighted by atomic mass is 9.65. The van der Waals surface area contributed by atoms with Gasteiger partial charge in [0.15, 0.2) is 0 Å². The normalized spacial score (nSPS) is 30.0. The summed E-state index contributed by atoms with van der Waals surface area (Å²) < 4.78 is 0. The van der Waals surface area contributed by atoms with Crippen molar-refractivity contribution in [2.45, 2.75) is 136 Å². The molecule has 0 saturated heterocycles. The lowest BCUT2D eigenvalue weighted by Gasteiger charge is -2.41. The minimum Gasteiger partial charge on any atom is -0.303 e. The second-order valence-electron chi connectivity index (χ2n) is 15.0. The molecule has 7 atom stereocenters. The van der Waals surface area contributed by atoms with Crippen LogP contribution in [0, 0.1) is 29.1 Å². The van der Waals surface area contributed by atoms with Crippen LogP contribution in [0.3, 0.4) is 0 Å². The van der Waals surface area contributed by atoms with E-state index in [4.69, 9.17) is 0 Å². The second kappa shape index (κ2) is 16.4. The van der Waals surface area contributed by atoms with E-state index in [-0.39, 0.29) is 5.41 Å². The van der Waals surface area contributed by atoms with Gasteiger partial charge in [-0.15, -0.1) is 0 Å². The number of rotatable bonds is 13. The second-order valence-corrected chi connectivity index (χ2v) is 15.0. The summed E-state index contributed by atoms with van der Waals surface area (Å²) in [5, 5.41) is 4.19. The van der Waals surface area contributed by atoms with Gasteiger partial charge in [0.25, 0.3) is 0 Å². The van der Waals surface area contributed by atoms with Crippen molar-refractivity contribution in [1.82, 2.24) is 5.32 Å². The van der Waals surface area contributed by atoms with Crippen molar-refractivity contribution in [1.29, 1.82) is 0 Å². The molecule has 0 bridgehead atoms. The van der Waals surface area contributed by atoms with Gasteiger partial charge in [0, 0.05) is 12.1 Å². The van der Waals surface area contributed by atoms with E-state index in [1.165, 1.54) is 83.5 Å². The first-order valence-corrected chi connectivity index (χ1v) is 18.9. The summed E-state index contributed by atoms with van der Waals surface area (Å²) in [5.74, 6) is 2.46. The molecule has 5 rings (SSSR count). The quantitative estimate of drug-likeness (QED) is 0.163. The first-order chi connectivity index (χ1) is 22.0. The molecule has 1 nitrogen and oxygen atoms in total. The maximum atomic E-state index is 4.19. The molecular formula is C44H63N. The minimum absolute atomic E-state index is 0.163. The van der Waals surface area contributed by atoms with Crippen LogP contribution in [0.2, 0.25) is 0 Å². The number of fused-ring (bicyclic) bond motifs is 1. The van der Waals surface area contributed by atoms with Crippen LogP contribution in [-0.4, -0.2) is 12.1 Å². The van der Waals surface area contributed by atoms with Gasteiger partial charge in [-0.1, -0.05) is 125 Å². The molecule has 5 aliphatic rings. The largest absolute Gasteiger partial charge is 0.303 e. The Balaban J connectivity index is 1.44. The smallest absolute Gasteiger partial charge is 0.0365 e. The monoisotopic (exact) mass is 605 g/mol. The van der Waals surface area contributed by atoms with Gasteiger partial charge in [-0.05, 0) is 136 Å². The highest BCUT2D eigenvalue weighted by Gasteiger charge is 2.37. The number of hydrogen-bond acceptors (Lipinski definition) is 1. The van der Waals surface area contributed by atoms with E-state index < -0.39 is 0 Å². The number of hydrogen-bond donors (Lipinski definition) is 1. The zero-order valence-electron chi connectivity index (χ0n) is 29.2. The number of nitrogens with one attached hydrogen (secondary N) is 1. The van der Waals surface area contributed by atoms with E-state index in [2.05, 4.69) is 106 Å². The molecule has 1 heteroatoms. The fourth-order valence-electron chi connectivity index (χ4n) is 9.01. The highest BCUT2D eigenvalue weighted by molar-refractivity contribution is 5.51. The molecule has 5 aliphatic carbocycles. The Morgan fingerprint density at radius 2 is 1.87 bits per heavy atom. The van der Waals surface area contributed by atoms with Crippen molar-refractivity contribution < 1.29 is 0 Å². The van der Waals surface area contributed by atoms with Gasteiger partial charge in [0.05, 0.1) is 0 Å². The average Bonchev–Trinajstić information content (AvgIpc) is 3.09. The van der Waals surface area contributed by atoms with Crippen LogP contribution in [0.4, 0.5) is 0 Å². The molecule has 0 spiro atoms. The highest BCUT2D eigenvalue weighted by Crippen LogP contribution is 2.49. The molecule has 244 valence electrons. The van der Waals surface area contributed by atoms with Gasteiger partial charge in [0.1, 0.15) is 0 Å². The van der Waals surface area contributed by atoms with E-state index in [1.807, 2.05) is 6.08 Å². The van der Waals surface area contributed by atoms with Gasteiger partial charge in [-0.2, -0.15) is 0 Å². The van der Waals surface area contributed by atoms with Crippen molar-refractivity contribution in [3.05, 3.63) is 107 Å². The lowest BCUT2D eigenvalue weighted by Crippen LogP contribution is -2.41. The van der Waals surface area contributed by atoms with Crippen LogP contribution in [0.15, 0.2) is 107 Å². The summed E-state index contributed by atoms with van der Waals surface area (Å²) in [4.78, 5) is 0.